The van der Waals surface area contributed by atoms with Crippen LogP contribution in [-0.4, -0.2) is 35.1 Å². The molecule has 0 aliphatic heterocycles. The molecule has 2 amide bonds. The molecule has 0 saturated carbocycles. The van der Waals surface area contributed by atoms with Crippen LogP contribution in [0.15, 0.2) is 41.8 Å². The van der Waals surface area contributed by atoms with Crippen molar-refractivity contribution < 1.29 is 19.2 Å². The van der Waals surface area contributed by atoms with E-state index in [-0.39, 0.29) is 12.1 Å². The Labute approximate surface area is 136 Å². The van der Waals surface area contributed by atoms with Gasteiger partial charge in [0.1, 0.15) is 17.5 Å². The average molecular weight is 332 g/mol. The number of carbonyl (C=O) groups is 2. The molecule has 1 heterocycles. The molecule has 0 aliphatic carbocycles. The number of rotatable bonds is 6. The Morgan fingerprint density at radius 1 is 1.43 bits per heavy atom. The van der Waals surface area contributed by atoms with E-state index in [9.17, 15) is 9.59 Å². The largest absolute Gasteiger partial charge is 0.440 e. The Hall–Kier alpha value is -3.07. The number of H-pyrrole nitrogens is 1. The minimum Gasteiger partial charge on any atom is -0.440 e. The van der Waals surface area contributed by atoms with Gasteiger partial charge in [0, 0.05) is 6.07 Å². The van der Waals surface area contributed by atoms with Crippen molar-refractivity contribution in [2.75, 3.05) is 7.11 Å². The standard InChI is InChI=1S/C14H12N4O4S/c1-21-18-13(14(20)17-8-19)9-4-2-3-5-10(9)22-11-6-12(23)16-7-15-11/h2-8H,1H3,(H,15,16,23)(H,17,19,20)/b18-13+. The number of carbonyl (C=O) groups excluding carboxylic acids is 2. The summed E-state index contributed by atoms with van der Waals surface area (Å²) in [6.07, 6.45) is 1.65. The Balaban J connectivity index is 2.43. The highest BCUT2D eigenvalue weighted by Crippen LogP contribution is 2.24. The zero-order chi connectivity index (χ0) is 16.7. The first-order valence-electron chi connectivity index (χ1n) is 6.33. The van der Waals surface area contributed by atoms with E-state index in [0.717, 1.165) is 0 Å². The lowest BCUT2D eigenvalue weighted by Crippen LogP contribution is -2.31. The van der Waals surface area contributed by atoms with Crippen molar-refractivity contribution in [2.45, 2.75) is 0 Å². The van der Waals surface area contributed by atoms with Crippen LogP contribution in [0, 0.1) is 4.64 Å². The quantitative estimate of drug-likeness (QED) is 0.360. The lowest BCUT2D eigenvalue weighted by molar-refractivity contribution is -0.120. The van der Waals surface area contributed by atoms with E-state index < -0.39 is 5.91 Å². The Morgan fingerprint density at radius 3 is 2.91 bits per heavy atom. The minimum atomic E-state index is -0.722. The van der Waals surface area contributed by atoms with E-state index in [1.165, 1.54) is 19.5 Å². The molecule has 1 aromatic carbocycles. The van der Waals surface area contributed by atoms with Crippen LogP contribution < -0.4 is 10.1 Å². The third-order valence-corrected chi connectivity index (χ3v) is 2.83. The second-order valence-corrected chi connectivity index (χ2v) is 4.48. The van der Waals surface area contributed by atoms with Crippen LogP contribution in [0.1, 0.15) is 5.56 Å². The number of hydrogen-bond acceptors (Lipinski definition) is 7. The van der Waals surface area contributed by atoms with Crippen LogP contribution in [0.25, 0.3) is 0 Å². The summed E-state index contributed by atoms with van der Waals surface area (Å²) in [5.41, 5.74) is 0.229. The molecule has 2 N–H and O–H groups in total. The molecule has 1 aromatic heterocycles. The van der Waals surface area contributed by atoms with Gasteiger partial charge in [-0.05, 0) is 12.1 Å². The van der Waals surface area contributed by atoms with Crippen molar-refractivity contribution in [3.05, 3.63) is 46.9 Å². The predicted molar refractivity (Wildman–Crippen MR) is 83.7 cm³/mol. The van der Waals surface area contributed by atoms with Gasteiger partial charge >= 0.3 is 0 Å². The number of ether oxygens (including phenoxy) is 1. The first kappa shape index (κ1) is 16.3. The van der Waals surface area contributed by atoms with Crippen molar-refractivity contribution in [1.82, 2.24) is 15.3 Å². The van der Waals surface area contributed by atoms with Crippen LogP contribution in [0.5, 0.6) is 11.6 Å². The van der Waals surface area contributed by atoms with Gasteiger partial charge in [-0.25, -0.2) is 4.98 Å². The monoisotopic (exact) mass is 332 g/mol. The number of benzene rings is 1. The second kappa shape index (κ2) is 7.80. The summed E-state index contributed by atoms with van der Waals surface area (Å²) in [5.74, 6) is -0.0632. The molecular weight excluding hydrogens is 320 g/mol. The first-order valence-corrected chi connectivity index (χ1v) is 6.74. The topological polar surface area (TPSA) is 106 Å². The second-order valence-electron chi connectivity index (χ2n) is 4.06. The smallest absolute Gasteiger partial charge is 0.280 e. The van der Waals surface area contributed by atoms with Gasteiger partial charge in [-0.1, -0.05) is 29.5 Å². The number of amides is 2. The van der Waals surface area contributed by atoms with Gasteiger partial charge in [-0.15, -0.1) is 0 Å². The highest BCUT2D eigenvalue weighted by Gasteiger charge is 2.19. The summed E-state index contributed by atoms with van der Waals surface area (Å²) in [4.78, 5) is 33.7. The van der Waals surface area contributed by atoms with E-state index >= 15 is 0 Å². The summed E-state index contributed by atoms with van der Waals surface area (Å²) in [6, 6.07) is 8.16. The predicted octanol–water partition coefficient (Wildman–Crippen LogP) is 1.55. The highest BCUT2D eigenvalue weighted by atomic mass is 32.1. The number of para-hydroxylation sites is 1. The molecule has 0 unspecified atom stereocenters. The molecular formula is C14H12N4O4S. The summed E-state index contributed by atoms with van der Waals surface area (Å²) in [7, 11) is 1.29. The molecule has 8 nitrogen and oxygen atoms in total. The maximum absolute atomic E-state index is 11.9. The number of nitrogens with one attached hydrogen (secondary N) is 2. The van der Waals surface area contributed by atoms with Crippen molar-refractivity contribution in [3.8, 4) is 11.6 Å². The van der Waals surface area contributed by atoms with Gasteiger partial charge < -0.3 is 14.6 Å². The normalized spacial score (nSPS) is 10.7. The molecule has 118 valence electrons. The molecule has 0 aliphatic rings. The fraction of sp³-hybridized carbons (Fsp3) is 0.0714. The van der Waals surface area contributed by atoms with Gasteiger partial charge in [0.25, 0.3) is 5.91 Å². The Kier molecular flexibility index (Phi) is 5.53. The SMILES string of the molecule is CO/N=C(/C(=O)NC=O)c1ccccc1Oc1cc(=S)nc[nH]1. The van der Waals surface area contributed by atoms with Crippen molar-refractivity contribution in [2.24, 2.45) is 5.16 Å². The number of aromatic nitrogens is 2. The van der Waals surface area contributed by atoms with E-state index in [4.69, 9.17) is 17.0 Å². The Bertz CT molecular complexity index is 803. The van der Waals surface area contributed by atoms with E-state index in [1.54, 1.807) is 24.3 Å². The number of oxime groups is 1. The molecule has 0 spiro atoms. The Morgan fingerprint density at radius 2 is 2.22 bits per heavy atom. The van der Waals surface area contributed by atoms with Gasteiger partial charge in [-0.3, -0.25) is 14.9 Å². The molecule has 2 rings (SSSR count). The molecule has 0 saturated heterocycles. The molecule has 0 atom stereocenters. The van der Waals surface area contributed by atoms with Crippen molar-refractivity contribution in [1.29, 1.82) is 0 Å². The summed E-state index contributed by atoms with van der Waals surface area (Å²) in [6.45, 7) is 0. The molecule has 0 fully saturated rings. The van der Waals surface area contributed by atoms with Crippen molar-refractivity contribution >= 4 is 30.2 Å². The zero-order valence-electron chi connectivity index (χ0n) is 12.0. The summed E-state index contributed by atoms with van der Waals surface area (Å²) < 4.78 is 6.03. The molecule has 2 aromatic rings. The number of imide groups is 1. The third kappa shape index (κ3) is 4.20. The van der Waals surface area contributed by atoms with Gasteiger partial charge in [-0.2, -0.15) is 0 Å². The summed E-state index contributed by atoms with van der Waals surface area (Å²) in [5, 5.41) is 5.66. The molecule has 0 radical (unpaired) electrons. The maximum Gasteiger partial charge on any atom is 0.280 e. The van der Waals surface area contributed by atoms with Crippen LogP contribution in [-0.2, 0) is 14.4 Å². The van der Waals surface area contributed by atoms with Gasteiger partial charge in [0.15, 0.2) is 5.71 Å². The third-order valence-electron chi connectivity index (χ3n) is 2.60. The van der Waals surface area contributed by atoms with Crippen molar-refractivity contribution in [3.63, 3.8) is 0 Å². The van der Waals surface area contributed by atoms with Crippen LogP contribution in [0.3, 0.4) is 0 Å². The van der Waals surface area contributed by atoms with E-state index in [0.29, 0.717) is 21.8 Å². The van der Waals surface area contributed by atoms with Gasteiger partial charge in [0.2, 0.25) is 12.3 Å². The highest BCUT2D eigenvalue weighted by molar-refractivity contribution is 7.71. The number of nitrogens with zero attached hydrogens (tertiary/aromatic N) is 2. The molecule has 9 heteroatoms. The van der Waals surface area contributed by atoms with Crippen LogP contribution >= 0.6 is 12.2 Å². The van der Waals surface area contributed by atoms with E-state index in [2.05, 4.69) is 20.0 Å². The first-order chi connectivity index (χ1) is 11.2. The fourth-order valence-electron chi connectivity index (χ4n) is 1.71. The van der Waals surface area contributed by atoms with Crippen LogP contribution in [0.2, 0.25) is 0 Å². The fourth-order valence-corrected chi connectivity index (χ4v) is 1.87. The number of aromatic amines is 1. The number of hydrogen-bond donors (Lipinski definition) is 2. The molecule has 0 bridgehead atoms. The lowest BCUT2D eigenvalue weighted by atomic mass is 10.1. The zero-order valence-corrected chi connectivity index (χ0v) is 12.8. The average Bonchev–Trinajstić information content (AvgIpc) is 2.54. The maximum atomic E-state index is 11.9. The molecule has 23 heavy (non-hydrogen) atoms. The minimum absolute atomic E-state index is 0.108. The van der Waals surface area contributed by atoms with E-state index in [1.807, 2.05) is 5.32 Å². The van der Waals surface area contributed by atoms with Gasteiger partial charge in [0.05, 0.1) is 11.9 Å². The summed E-state index contributed by atoms with van der Waals surface area (Å²) >= 11 is 4.96. The lowest BCUT2D eigenvalue weighted by Gasteiger charge is -2.11. The van der Waals surface area contributed by atoms with Crippen LogP contribution in [0.4, 0.5) is 0 Å².